The maximum atomic E-state index is 12.3. The third kappa shape index (κ3) is 4.45. The van der Waals surface area contributed by atoms with Gasteiger partial charge in [-0.05, 0) is 67.3 Å². The van der Waals surface area contributed by atoms with E-state index >= 15 is 0 Å². The fourth-order valence-corrected chi connectivity index (χ4v) is 8.50. The Morgan fingerprint density at radius 1 is 0.833 bits per heavy atom. The molecule has 3 saturated carbocycles. The molecule has 8 heteroatoms. The van der Waals surface area contributed by atoms with Crippen LogP contribution >= 0.6 is 0 Å². The molecule has 0 heterocycles. The molecule has 0 aromatic rings. The summed E-state index contributed by atoms with van der Waals surface area (Å²) in [6.45, 7) is 10.5. The average Bonchev–Trinajstić information content (AvgIpc) is 3.05. The van der Waals surface area contributed by atoms with Gasteiger partial charge in [-0.25, -0.2) is 0 Å². The first-order valence-corrected chi connectivity index (χ1v) is 13.1. The van der Waals surface area contributed by atoms with Crippen LogP contribution in [0.25, 0.3) is 0 Å². The smallest absolute Gasteiger partial charge is 0.302 e. The molecule has 0 aromatic heterocycles. The van der Waals surface area contributed by atoms with Crippen molar-refractivity contribution in [1.82, 2.24) is 0 Å². The van der Waals surface area contributed by atoms with E-state index in [0.717, 1.165) is 31.3 Å². The first-order valence-electron chi connectivity index (χ1n) is 13.1. The monoisotopic (exact) mass is 504 g/mol. The summed E-state index contributed by atoms with van der Waals surface area (Å²) < 4.78 is 22.9. The normalized spacial score (nSPS) is 40.7. The fraction of sp³-hybridized carbons (Fsp3) is 0.786. The number of esters is 4. The fourth-order valence-electron chi connectivity index (χ4n) is 8.50. The van der Waals surface area contributed by atoms with Crippen molar-refractivity contribution in [2.75, 3.05) is 13.2 Å². The standard InChI is InChI=1S/C28H40O8/c1-16(29)33-14-21-13-28-12-20(21)7-8-22(28)26(5)10-9-24(35-18(3)31)27(6,15-34-17(2)30)23(26)11-25(28)36-19(4)32/h13,20,22-25H,7-12,14-15H2,1-6H3/t20-,22?,23?,24-,25+,26+,27-,28-/m1/s1. The zero-order valence-corrected chi connectivity index (χ0v) is 22.4. The third-order valence-electron chi connectivity index (χ3n) is 9.79. The minimum atomic E-state index is -0.621. The van der Waals surface area contributed by atoms with Gasteiger partial charge in [0.05, 0.1) is 0 Å². The number of rotatable bonds is 6. The molecule has 3 fully saturated rings. The van der Waals surface area contributed by atoms with Crippen LogP contribution in [0.5, 0.6) is 0 Å². The number of carbonyl (C=O) groups excluding carboxylic acids is 4. The zero-order chi connectivity index (χ0) is 26.5. The third-order valence-corrected chi connectivity index (χ3v) is 9.79. The highest BCUT2D eigenvalue weighted by Crippen LogP contribution is 2.71. The molecule has 2 unspecified atom stereocenters. The van der Waals surface area contributed by atoms with E-state index in [4.69, 9.17) is 18.9 Å². The molecule has 0 amide bonds. The first-order chi connectivity index (χ1) is 16.8. The van der Waals surface area contributed by atoms with E-state index in [9.17, 15) is 19.2 Å². The number of hydrogen-bond donors (Lipinski definition) is 0. The first kappa shape index (κ1) is 26.7. The van der Waals surface area contributed by atoms with Crippen molar-refractivity contribution in [3.63, 3.8) is 0 Å². The molecule has 8 atom stereocenters. The van der Waals surface area contributed by atoms with E-state index in [2.05, 4.69) is 19.9 Å². The molecule has 4 rings (SSSR count). The van der Waals surface area contributed by atoms with Gasteiger partial charge in [-0.15, -0.1) is 0 Å². The summed E-state index contributed by atoms with van der Waals surface area (Å²) >= 11 is 0. The Morgan fingerprint density at radius 2 is 1.47 bits per heavy atom. The summed E-state index contributed by atoms with van der Waals surface area (Å²) in [6, 6.07) is 0. The molecular formula is C28H40O8. The topological polar surface area (TPSA) is 105 Å². The lowest BCUT2D eigenvalue weighted by Crippen LogP contribution is -2.65. The second kappa shape index (κ2) is 9.49. The summed E-state index contributed by atoms with van der Waals surface area (Å²) in [6.07, 6.45) is 6.49. The predicted octanol–water partition coefficient (Wildman–Crippen LogP) is 4.15. The van der Waals surface area contributed by atoms with Crippen molar-refractivity contribution < 1.29 is 38.1 Å². The largest absolute Gasteiger partial charge is 0.465 e. The van der Waals surface area contributed by atoms with E-state index in [1.165, 1.54) is 27.7 Å². The average molecular weight is 505 g/mol. The lowest BCUT2D eigenvalue weighted by Gasteiger charge is -2.66. The molecule has 200 valence electrons. The number of hydrogen-bond acceptors (Lipinski definition) is 8. The van der Waals surface area contributed by atoms with Crippen molar-refractivity contribution in [3.8, 4) is 0 Å². The Morgan fingerprint density at radius 3 is 2.08 bits per heavy atom. The molecule has 0 N–H and O–H groups in total. The van der Waals surface area contributed by atoms with Crippen LogP contribution in [0.4, 0.5) is 0 Å². The van der Waals surface area contributed by atoms with Crippen molar-refractivity contribution in [2.24, 2.45) is 34.0 Å². The second-order valence-electron chi connectivity index (χ2n) is 12.0. The Labute approximate surface area is 213 Å². The molecule has 0 radical (unpaired) electrons. The van der Waals surface area contributed by atoms with Gasteiger partial charge in [0.2, 0.25) is 0 Å². The van der Waals surface area contributed by atoms with Gasteiger partial charge in [0.1, 0.15) is 25.4 Å². The lowest BCUT2D eigenvalue weighted by atomic mass is 9.40. The van der Waals surface area contributed by atoms with Gasteiger partial charge in [0, 0.05) is 38.5 Å². The highest BCUT2D eigenvalue weighted by molar-refractivity contribution is 5.67. The van der Waals surface area contributed by atoms with E-state index in [1.807, 2.05) is 0 Å². The summed E-state index contributed by atoms with van der Waals surface area (Å²) in [5, 5.41) is 0. The van der Waals surface area contributed by atoms with Crippen LogP contribution in [-0.4, -0.2) is 49.3 Å². The van der Waals surface area contributed by atoms with Crippen molar-refractivity contribution in [3.05, 3.63) is 11.6 Å². The van der Waals surface area contributed by atoms with Gasteiger partial charge < -0.3 is 18.9 Å². The van der Waals surface area contributed by atoms with Crippen molar-refractivity contribution >= 4 is 23.9 Å². The van der Waals surface area contributed by atoms with Crippen LogP contribution < -0.4 is 0 Å². The summed E-state index contributed by atoms with van der Waals surface area (Å²) in [5.74, 6) is -0.806. The van der Waals surface area contributed by atoms with Crippen LogP contribution in [0.3, 0.4) is 0 Å². The van der Waals surface area contributed by atoms with Gasteiger partial charge in [0.25, 0.3) is 0 Å². The molecule has 4 aliphatic rings. The Kier molecular flexibility index (Phi) is 7.03. The van der Waals surface area contributed by atoms with Crippen LogP contribution in [0.1, 0.15) is 80.1 Å². The molecule has 0 aromatic carbocycles. The molecule has 0 aliphatic heterocycles. The van der Waals surface area contributed by atoms with E-state index in [0.29, 0.717) is 18.8 Å². The van der Waals surface area contributed by atoms with Crippen LogP contribution in [0.15, 0.2) is 11.6 Å². The SMILES string of the molecule is CC(=O)OCC1=C[C@]23C[C@H]1CCC2[C@]1(C)CC[C@@H](OC(C)=O)[C@](C)(COC(C)=O)C1C[C@@H]3OC(C)=O. The van der Waals surface area contributed by atoms with E-state index in [-0.39, 0.29) is 65.9 Å². The number of fused-ring (bicyclic) bond motifs is 3. The molecule has 8 nitrogen and oxygen atoms in total. The predicted molar refractivity (Wildman–Crippen MR) is 129 cm³/mol. The molecule has 0 saturated heterocycles. The maximum Gasteiger partial charge on any atom is 0.302 e. The summed E-state index contributed by atoms with van der Waals surface area (Å²) in [5.41, 5.74) is 0.0412. The van der Waals surface area contributed by atoms with Crippen LogP contribution in [0, 0.1) is 34.0 Å². The van der Waals surface area contributed by atoms with E-state index < -0.39 is 11.5 Å². The Balaban J connectivity index is 1.77. The second-order valence-corrected chi connectivity index (χ2v) is 12.0. The molecule has 4 aliphatic carbocycles. The van der Waals surface area contributed by atoms with E-state index in [1.54, 1.807) is 0 Å². The van der Waals surface area contributed by atoms with Gasteiger partial charge in [-0.1, -0.05) is 19.9 Å². The summed E-state index contributed by atoms with van der Waals surface area (Å²) in [7, 11) is 0. The molecule has 2 bridgehead atoms. The number of ether oxygens (including phenoxy) is 4. The molecule has 36 heavy (non-hydrogen) atoms. The lowest BCUT2D eigenvalue weighted by molar-refractivity contribution is -0.236. The summed E-state index contributed by atoms with van der Waals surface area (Å²) in [4.78, 5) is 47.7. The van der Waals surface area contributed by atoms with Crippen LogP contribution in [0.2, 0.25) is 0 Å². The molecular weight excluding hydrogens is 464 g/mol. The maximum absolute atomic E-state index is 12.3. The zero-order valence-electron chi connectivity index (χ0n) is 22.4. The van der Waals surface area contributed by atoms with Gasteiger partial charge >= 0.3 is 23.9 Å². The van der Waals surface area contributed by atoms with Gasteiger partial charge in [-0.2, -0.15) is 0 Å². The Hall–Kier alpha value is -2.38. The van der Waals surface area contributed by atoms with Crippen LogP contribution in [-0.2, 0) is 38.1 Å². The van der Waals surface area contributed by atoms with Crippen molar-refractivity contribution in [1.29, 1.82) is 0 Å². The number of carbonyl (C=O) groups is 4. The minimum Gasteiger partial charge on any atom is -0.465 e. The van der Waals surface area contributed by atoms with Crippen molar-refractivity contribution in [2.45, 2.75) is 92.3 Å². The van der Waals surface area contributed by atoms with Gasteiger partial charge in [-0.3, -0.25) is 19.2 Å². The minimum absolute atomic E-state index is 0.00453. The quantitative estimate of drug-likeness (QED) is 0.302. The highest BCUT2D eigenvalue weighted by atomic mass is 16.6. The van der Waals surface area contributed by atoms with Gasteiger partial charge in [0.15, 0.2) is 0 Å². The Bertz CT molecular complexity index is 971. The molecule has 1 spiro atoms. The highest BCUT2D eigenvalue weighted by Gasteiger charge is 2.69.